The lowest BCUT2D eigenvalue weighted by molar-refractivity contribution is 0.0683. The first-order valence-corrected chi connectivity index (χ1v) is 5.86. The van der Waals surface area contributed by atoms with Crippen LogP contribution in [0.3, 0.4) is 0 Å². The Morgan fingerprint density at radius 1 is 1.33 bits per heavy atom. The van der Waals surface area contributed by atoms with E-state index in [1.165, 1.54) is 6.07 Å². The molecule has 0 unspecified atom stereocenters. The Morgan fingerprint density at radius 2 is 2.11 bits per heavy atom. The molecular formula is C13H11FN2O2. The highest BCUT2D eigenvalue weighted by atomic mass is 19.1. The minimum Gasteiger partial charge on any atom is -0.475 e. The Labute approximate surface area is 102 Å². The summed E-state index contributed by atoms with van der Waals surface area (Å²) in [5.41, 5.74) is 0.773. The van der Waals surface area contributed by atoms with Crippen molar-refractivity contribution in [3.8, 4) is 0 Å². The summed E-state index contributed by atoms with van der Waals surface area (Å²) in [6, 6.07) is 4.63. The second kappa shape index (κ2) is 4.01. The van der Waals surface area contributed by atoms with E-state index < -0.39 is 11.8 Å². The van der Waals surface area contributed by atoms with Gasteiger partial charge in [0.05, 0.1) is 5.69 Å². The molecule has 2 aromatic rings. The van der Waals surface area contributed by atoms with Crippen LogP contribution < -0.4 is 0 Å². The smallest absolute Gasteiger partial charge is 0.373 e. The molecule has 5 heteroatoms. The van der Waals surface area contributed by atoms with Crippen molar-refractivity contribution in [2.45, 2.75) is 25.2 Å². The molecule has 0 saturated heterocycles. The Bertz CT molecular complexity index is 638. The van der Waals surface area contributed by atoms with Gasteiger partial charge in [-0.3, -0.25) is 0 Å². The highest BCUT2D eigenvalue weighted by molar-refractivity contribution is 5.89. The quantitative estimate of drug-likeness (QED) is 0.884. The van der Waals surface area contributed by atoms with E-state index in [-0.39, 0.29) is 17.3 Å². The van der Waals surface area contributed by atoms with Crippen LogP contribution in [-0.2, 0) is 0 Å². The largest absolute Gasteiger partial charge is 0.475 e. The molecule has 1 N–H and O–H groups in total. The molecule has 3 rings (SSSR count). The van der Waals surface area contributed by atoms with Gasteiger partial charge in [0.15, 0.2) is 0 Å². The van der Waals surface area contributed by atoms with E-state index in [4.69, 9.17) is 5.11 Å². The molecule has 4 nitrogen and oxygen atoms in total. The van der Waals surface area contributed by atoms with Crippen molar-refractivity contribution >= 4 is 16.9 Å². The van der Waals surface area contributed by atoms with Gasteiger partial charge in [-0.05, 0) is 18.9 Å². The summed E-state index contributed by atoms with van der Waals surface area (Å²) in [7, 11) is 0. The lowest BCUT2D eigenvalue weighted by Crippen LogP contribution is -2.15. The van der Waals surface area contributed by atoms with Crippen LogP contribution in [0, 0.1) is 5.82 Å². The number of aromatic nitrogens is 2. The SMILES string of the molecule is O=C(O)c1nc(C2CCC2)c2cccc(F)c2n1. The summed E-state index contributed by atoms with van der Waals surface area (Å²) in [6.07, 6.45) is 3.05. The highest BCUT2D eigenvalue weighted by Crippen LogP contribution is 2.38. The third kappa shape index (κ3) is 1.63. The topological polar surface area (TPSA) is 63.1 Å². The molecular weight excluding hydrogens is 235 g/mol. The lowest BCUT2D eigenvalue weighted by Gasteiger charge is -2.25. The lowest BCUT2D eigenvalue weighted by atomic mass is 9.81. The molecule has 0 radical (unpaired) electrons. The van der Waals surface area contributed by atoms with Crippen molar-refractivity contribution < 1.29 is 14.3 Å². The molecule has 0 spiro atoms. The average Bonchev–Trinajstić information content (AvgIpc) is 2.27. The number of carboxylic acid groups (broad SMARTS) is 1. The van der Waals surface area contributed by atoms with Crippen LogP contribution in [0.5, 0.6) is 0 Å². The van der Waals surface area contributed by atoms with Gasteiger partial charge < -0.3 is 5.11 Å². The molecule has 0 atom stereocenters. The number of benzene rings is 1. The van der Waals surface area contributed by atoms with Crippen molar-refractivity contribution in [1.82, 2.24) is 9.97 Å². The first-order chi connectivity index (χ1) is 8.66. The van der Waals surface area contributed by atoms with Crippen LogP contribution in [0.2, 0.25) is 0 Å². The minimum absolute atomic E-state index is 0.104. The van der Waals surface area contributed by atoms with Crippen LogP contribution in [0.25, 0.3) is 10.9 Å². The monoisotopic (exact) mass is 246 g/mol. The Balaban J connectivity index is 2.30. The fourth-order valence-corrected chi connectivity index (χ4v) is 2.23. The van der Waals surface area contributed by atoms with Crippen LogP contribution in [-0.4, -0.2) is 21.0 Å². The molecule has 0 aliphatic heterocycles. The Morgan fingerprint density at radius 3 is 2.72 bits per heavy atom. The van der Waals surface area contributed by atoms with E-state index >= 15 is 0 Å². The summed E-state index contributed by atoms with van der Waals surface area (Å²) in [4.78, 5) is 18.9. The summed E-state index contributed by atoms with van der Waals surface area (Å²) < 4.78 is 13.7. The molecule has 1 aliphatic rings. The van der Waals surface area contributed by atoms with Gasteiger partial charge in [-0.1, -0.05) is 18.6 Å². The van der Waals surface area contributed by atoms with Crippen molar-refractivity contribution in [3.63, 3.8) is 0 Å². The van der Waals surface area contributed by atoms with E-state index in [2.05, 4.69) is 9.97 Å². The third-order valence-corrected chi connectivity index (χ3v) is 3.39. The molecule has 0 amide bonds. The van der Waals surface area contributed by atoms with Gasteiger partial charge in [-0.15, -0.1) is 0 Å². The second-order valence-corrected chi connectivity index (χ2v) is 4.50. The van der Waals surface area contributed by atoms with Crippen molar-refractivity contribution in [2.75, 3.05) is 0 Å². The van der Waals surface area contributed by atoms with Crippen LogP contribution in [0.15, 0.2) is 18.2 Å². The summed E-state index contributed by atoms with van der Waals surface area (Å²) in [6.45, 7) is 0. The molecule has 18 heavy (non-hydrogen) atoms. The van der Waals surface area contributed by atoms with Crippen molar-refractivity contribution in [3.05, 3.63) is 35.5 Å². The maximum Gasteiger partial charge on any atom is 0.373 e. The van der Waals surface area contributed by atoms with E-state index in [1.807, 2.05) is 0 Å². The second-order valence-electron chi connectivity index (χ2n) is 4.50. The fraction of sp³-hybridized carbons (Fsp3) is 0.308. The van der Waals surface area contributed by atoms with Gasteiger partial charge in [0.25, 0.3) is 0 Å². The predicted molar refractivity (Wildman–Crippen MR) is 63.0 cm³/mol. The number of rotatable bonds is 2. The maximum atomic E-state index is 13.7. The molecule has 1 heterocycles. The van der Waals surface area contributed by atoms with Crippen LogP contribution >= 0.6 is 0 Å². The van der Waals surface area contributed by atoms with E-state index in [9.17, 15) is 9.18 Å². The first kappa shape index (κ1) is 11.1. The molecule has 0 bridgehead atoms. The molecule has 92 valence electrons. The molecule has 1 aliphatic carbocycles. The fourth-order valence-electron chi connectivity index (χ4n) is 2.23. The Hall–Kier alpha value is -2.04. The third-order valence-electron chi connectivity index (χ3n) is 3.39. The van der Waals surface area contributed by atoms with E-state index in [0.29, 0.717) is 11.1 Å². The average molecular weight is 246 g/mol. The first-order valence-electron chi connectivity index (χ1n) is 5.86. The summed E-state index contributed by atoms with van der Waals surface area (Å²) >= 11 is 0. The van der Waals surface area contributed by atoms with Gasteiger partial charge in [0.1, 0.15) is 11.3 Å². The van der Waals surface area contributed by atoms with E-state index in [0.717, 1.165) is 19.3 Å². The molecule has 1 aromatic carbocycles. The van der Waals surface area contributed by atoms with Gasteiger partial charge in [-0.25, -0.2) is 19.2 Å². The number of halogens is 1. The summed E-state index contributed by atoms with van der Waals surface area (Å²) in [5.74, 6) is -1.82. The number of aromatic carboxylic acids is 1. The van der Waals surface area contributed by atoms with Crippen LogP contribution in [0.1, 0.15) is 41.5 Å². The normalized spacial score (nSPS) is 15.6. The van der Waals surface area contributed by atoms with Gasteiger partial charge >= 0.3 is 5.97 Å². The molecule has 1 fully saturated rings. The van der Waals surface area contributed by atoms with Crippen molar-refractivity contribution in [1.29, 1.82) is 0 Å². The van der Waals surface area contributed by atoms with Gasteiger partial charge in [0.2, 0.25) is 5.82 Å². The zero-order valence-corrected chi connectivity index (χ0v) is 9.56. The van der Waals surface area contributed by atoms with Crippen molar-refractivity contribution in [2.24, 2.45) is 0 Å². The zero-order valence-electron chi connectivity index (χ0n) is 9.56. The number of fused-ring (bicyclic) bond motifs is 1. The summed E-state index contributed by atoms with van der Waals surface area (Å²) in [5, 5.41) is 9.61. The number of para-hydroxylation sites is 1. The predicted octanol–water partition coefficient (Wildman–Crippen LogP) is 2.73. The van der Waals surface area contributed by atoms with Gasteiger partial charge in [-0.2, -0.15) is 0 Å². The molecule has 1 aromatic heterocycles. The Kier molecular flexibility index (Phi) is 2.47. The van der Waals surface area contributed by atoms with E-state index in [1.54, 1.807) is 12.1 Å². The zero-order chi connectivity index (χ0) is 12.7. The number of carbonyl (C=O) groups is 1. The number of carboxylic acids is 1. The highest BCUT2D eigenvalue weighted by Gasteiger charge is 2.25. The molecule has 1 saturated carbocycles. The number of hydrogen-bond donors (Lipinski definition) is 1. The van der Waals surface area contributed by atoms with Gasteiger partial charge in [0, 0.05) is 11.3 Å². The number of hydrogen-bond acceptors (Lipinski definition) is 3. The number of nitrogens with zero attached hydrogens (tertiary/aromatic N) is 2. The maximum absolute atomic E-state index is 13.7. The standard InChI is InChI=1S/C13H11FN2O2/c14-9-6-2-5-8-10(7-3-1-4-7)15-12(13(17)18)16-11(8)9/h2,5-7H,1,3-4H2,(H,17,18). The van der Waals surface area contributed by atoms with Crippen LogP contribution in [0.4, 0.5) is 4.39 Å². The minimum atomic E-state index is -1.22.